The molecule has 1 aliphatic rings. The van der Waals surface area contributed by atoms with E-state index in [9.17, 15) is 4.79 Å². The second-order valence-corrected chi connectivity index (χ2v) is 9.13. The number of aryl methyl sites for hydroxylation is 1. The van der Waals surface area contributed by atoms with Gasteiger partial charge in [-0.3, -0.25) is 14.1 Å². The maximum Gasteiger partial charge on any atom is 0.258 e. The first-order valence-electron chi connectivity index (χ1n) is 11.0. The molecule has 0 radical (unpaired) electrons. The summed E-state index contributed by atoms with van der Waals surface area (Å²) in [5, 5.41) is 9.89. The first kappa shape index (κ1) is 20.9. The van der Waals surface area contributed by atoms with Crippen molar-refractivity contribution >= 4 is 17.4 Å². The van der Waals surface area contributed by atoms with Crippen LogP contribution in [0.15, 0.2) is 64.5 Å². The molecule has 0 aliphatic carbocycles. The van der Waals surface area contributed by atoms with Crippen molar-refractivity contribution in [3.05, 3.63) is 87.7 Å². The molecule has 1 aliphatic heterocycles. The number of aromatic nitrogens is 5. The summed E-state index contributed by atoms with van der Waals surface area (Å²) >= 11 is 1.58. The third-order valence-electron chi connectivity index (χ3n) is 5.82. The molecule has 0 N–H and O–H groups in total. The molecule has 1 saturated heterocycles. The Morgan fingerprint density at radius 3 is 2.59 bits per heavy atom. The summed E-state index contributed by atoms with van der Waals surface area (Å²) in [6, 6.07) is 17.7. The van der Waals surface area contributed by atoms with Gasteiger partial charge in [-0.05, 0) is 50.6 Å². The Morgan fingerprint density at radius 1 is 0.969 bits per heavy atom. The molecule has 4 aromatic rings. The van der Waals surface area contributed by atoms with E-state index in [1.54, 1.807) is 22.2 Å². The number of pyridine rings is 1. The van der Waals surface area contributed by atoms with Gasteiger partial charge in [0, 0.05) is 17.5 Å². The van der Waals surface area contributed by atoms with E-state index in [0.29, 0.717) is 11.4 Å². The van der Waals surface area contributed by atoms with E-state index in [2.05, 4.69) is 43.9 Å². The van der Waals surface area contributed by atoms with Crippen molar-refractivity contribution in [2.75, 3.05) is 13.1 Å². The first-order valence-corrected chi connectivity index (χ1v) is 12.0. The van der Waals surface area contributed by atoms with Gasteiger partial charge in [0.05, 0.1) is 18.8 Å². The standard InChI is InChI=1S/C24H26N6OS/c1-18-8-7-11-21-25-20(14-23(31)30(18)21)17-32-24-27-26-22(16-28-12-5-6-13-28)29(24)15-19-9-3-2-4-10-19/h2-4,7-11,14H,5-6,12-13,15-17H2,1H3. The van der Waals surface area contributed by atoms with Crippen molar-refractivity contribution < 1.29 is 0 Å². The lowest BCUT2D eigenvalue weighted by Gasteiger charge is -2.16. The van der Waals surface area contributed by atoms with Gasteiger partial charge in [-0.1, -0.05) is 48.2 Å². The molecular weight excluding hydrogens is 420 g/mol. The Labute approximate surface area is 191 Å². The van der Waals surface area contributed by atoms with E-state index in [0.717, 1.165) is 48.5 Å². The minimum atomic E-state index is -0.0517. The zero-order valence-electron chi connectivity index (χ0n) is 18.1. The van der Waals surface area contributed by atoms with Gasteiger partial charge in [0.2, 0.25) is 0 Å². The summed E-state index contributed by atoms with van der Waals surface area (Å²) in [5.41, 5.74) is 3.47. The average Bonchev–Trinajstić information content (AvgIpc) is 3.44. The Hall–Kier alpha value is -2.97. The maximum absolute atomic E-state index is 12.6. The average molecular weight is 447 g/mol. The van der Waals surface area contributed by atoms with Gasteiger partial charge in [0.15, 0.2) is 5.16 Å². The Kier molecular flexibility index (Phi) is 6.05. The van der Waals surface area contributed by atoms with Crippen molar-refractivity contribution in [3.8, 4) is 0 Å². The molecule has 32 heavy (non-hydrogen) atoms. The van der Waals surface area contributed by atoms with Crippen LogP contribution in [-0.4, -0.2) is 42.1 Å². The van der Waals surface area contributed by atoms with Crippen LogP contribution in [0.25, 0.3) is 5.65 Å². The Balaban J connectivity index is 1.41. The zero-order chi connectivity index (χ0) is 21.9. The molecule has 5 rings (SSSR count). The molecule has 0 amide bonds. The SMILES string of the molecule is Cc1cccc2nc(CSc3nnc(CN4CCCC4)n3Cc3ccccc3)cc(=O)n12. The number of hydrogen-bond acceptors (Lipinski definition) is 6. The Bertz CT molecular complexity index is 1280. The topological polar surface area (TPSA) is 68.3 Å². The third kappa shape index (κ3) is 4.47. The van der Waals surface area contributed by atoms with E-state index >= 15 is 0 Å². The van der Waals surface area contributed by atoms with E-state index in [1.807, 2.05) is 31.2 Å². The number of thioether (sulfide) groups is 1. The second-order valence-electron chi connectivity index (χ2n) is 8.19. The molecule has 0 saturated carbocycles. The number of benzene rings is 1. The number of nitrogens with zero attached hydrogens (tertiary/aromatic N) is 6. The quantitative estimate of drug-likeness (QED) is 0.405. The van der Waals surface area contributed by atoms with E-state index < -0.39 is 0 Å². The van der Waals surface area contributed by atoms with Crippen LogP contribution in [0, 0.1) is 6.92 Å². The number of rotatable bonds is 7. The minimum absolute atomic E-state index is 0.0517. The molecule has 0 spiro atoms. The fourth-order valence-corrected chi connectivity index (χ4v) is 5.03. The number of fused-ring (bicyclic) bond motifs is 1. The maximum atomic E-state index is 12.6. The molecule has 164 valence electrons. The van der Waals surface area contributed by atoms with Gasteiger partial charge >= 0.3 is 0 Å². The third-order valence-corrected chi connectivity index (χ3v) is 6.82. The molecule has 0 bridgehead atoms. The summed E-state index contributed by atoms with van der Waals surface area (Å²) in [7, 11) is 0. The van der Waals surface area contributed by atoms with Gasteiger partial charge in [-0.25, -0.2) is 4.98 Å². The highest BCUT2D eigenvalue weighted by molar-refractivity contribution is 7.98. The van der Waals surface area contributed by atoms with Crippen LogP contribution >= 0.6 is 11.8 Å². The lowest BCUT2D eigenvalue weighted by atomic mass is 10.2. The van der Waals surface area contributed by atoms with Crippen molar-refractivity contribution in [1.29, 1.82) is 0 Å². The largest absolute Gasteiger partial charge is 0.300 e. The van der Waals surface area contributed by atoms with Gasteiger partial charge in [-0.15, -0.1) is 10.2 Å². The van der Waals surface area contributed by atoms with Gasteiger partial charge in [0.1, 0.15) is 11.5 Å². The molecular formula is C24H26N6OS. The highest BCUT2D eigenvalue weighted by atomic mass is 32.2. The monoisotopic (exact) mass is 446 g/mol. The molecule has 7 nitrogen and oxygen atoms in total. The van der Waals surface area contributed by atoms with Gasteiger partial charge < -0.3 is 4.57 Å². The highest BCUT2D eigenvalue weighted by Crippen LogP contribution is 2.23. The Morgan fingerprint density at radius 2 is 1.78 bits per heavy atom. The smallest absolute Gasteiger partial charge is 0.258 e. The minimum Gasteiger partial charge on any atom is -0.300 e. The predicted octanol–water partition coefficient (Wildman–Crippen LogP) is 3.53. The summed E-state index contributed by atoms with van der Waals surface area (Å²) in [5.74, 6) is 1.55. The van der Waals surface area contributed by atoms with Crippen LogP contribution < -0.4 is 5.56 Å². The predicted molar refractivity (Wildman–Crippen MR) is 126 cm³/mol. The number of likely N-dealkylation sites (tertiary alicyclic amines) is 1. The highest BCUT2D eigenvalue weighted by Gasteiger charge is 2.19. The lowest BCUT2D eigenvalue weighted by Crippen LogP contribution is -2.21. The molecule has 1 aromatic carbocycles. The zero-order valence-corrected chi connectivity index (χ0v) is 19.0. The summed E-state index contributed by atoms with van der Waals surface area (Å²) < 4.78 is 3.84. The molecule has 8 heteroatoms. The van der Waals surface area contributed by atoms with E-state index in [-0.39, 0.29) is 5.56 Å². The first-order chi connectivity index (χ1) is 15.7. The molecule has 3 aromatic heterocycles. The number of hydrogen-bond donors (Lipinski definition) is 0. The van der Waals surface area contributed by atoms with Gasteiger partial charge in [0.25, 0.3) is 5.56 Å². The fourth-order valence-electron chi connectivity index (χ4n) is 4.18. The van der Waals surface area contributed by atoms with Crippen LogP contribution in [0.1, 0.15) is 35.6 Å². The molecule has 1 fully saturated rings. The van der Waals surface area contributed by atoms with Crippen LogP contribution in [0.3, 0.4) is 0 Å². The van der Waals surface area contributed by atoms with Crippen molar-refractivity contribution in [3.63, 3.8) is 0 Å². The summed E-state index contributed by atoms with van der Waals surface area (Å²) in [4.78, 5) is 19.7. The van der Waals surface area contributed by atoms with Crippen molar-refractivity contribution in [2.24, 2.45) is 0 Å². The van der Waals surface area contributed by atoms with Crippen LogP contribution in [0.5, 0.6) is 0 Å². The van der Waals surface area contributed by atoms with Crippen LogP contribution in [0.4, 0.5) is 0 Å². The van der Waals surface area contributed by atoms with Crippen LogP contribution in [-0.2, 0) is 18.8 Å². The summed E-state index contributed by atoms with van der Waals surface area (Å²) in [6.07, 6.45) is 2.49. The van der Waals surface area contributed by atoms with Crippen LogP contribution in [0.2, 0.25) is 0 Å². The van der Waals surface area contributed by atoms with Gasteiger partial charge in [-0.2, -0.15) is 0 Å². The van der Waals surface area contributed by atoms with Crippen molar-refractivity contribution in [1.82, 2.24) is 29.0 Å². The molecule has 0 atom stereocenters. The molecule has 0 unspecified atom stereocenters. The second kappa shape index (κ2) is 9.26. The normalized spacial score (nSPS) is 14.4. The lowest BCUT2D eigenvalue weighted by molar-refractivity contribution is 0.316. The van der Waals surface area contributed by atoms with E-state index in [4.69, 9.17) is 4.98 Å². The summed E-state index contributed by atoms with van der Waals surface area (Å²) in [6.45, 7) is 5.69. The van der Waals surface area contributed by atoms with E-state index in [1.165, 1.54) is 18.4 Å². The molecule has 4 heterocycles. The fraction of sp³-hybridized carbons (Fsp3) is 0.333. The van der Waals surface area contributed by atoms with Crippen molar-refractivity contribution in [2.45, 2.75) is 43.8 Å².